The number of primary sulfonamides is 1. The average Bonchev–Trinajstić information content (AvgIpc) is 2.48. The van der Waals surface area contributed by atoms with Crippen molar-refractivity contribution in [3.05, 3.63) is 0 Å². The summed E-state index contributed by atoms with van der Waals surface area (Å²) in [6.45, 7) is 7.49. The summed E-state index contributed by atoms with van der Waals surface area (Å²) in [5.41, 5.74) is -0.791. The van der Waals surface area contributed by atoms with Crippen LogP contribution in [-0.2, 0) is 10.0 Å². The molecule has 0 spiro atoms. The molecule has 0 aliphatic heterocycles. The Balaban J connectivity index is 2.63. The lowest BCUT2D eigenvalue weighted by Crippen LogP contribution is -2.60. The number of sulfonamides is 1. The second-order valence-corrected chi connectivity index (χ2v) is 8.85. The Bertz CT molecular complexity index is 441. The summed E-state index contributed by atoms with van der Waals surface area (Å²) in [6, 6.07) is 0. The Morgan fingerprint density at radius 2 is 1.88 bits per heavy atom. The molecule has 3 atom stereocenters. The first kappa shape index (κ1) is 13.3. The number of hydrogen-bond acceptors (Lipinski definition) is 3. The first-order chi connectivity index (χ1) is 7.48. The third-order valence-corrected chi connectivity index (χ3v) is 7.71. The number of rotatable bonds is 2. The van der Waals surface area contributed by atoms with Gasteiger partial charge in [-0.15, -0.1) is 0 Å². The molecule has 0 aromatic carbocycles. The standard InChI is InChI=1S/C12H23NO3S/c1-10(2)8-5-6-12(10,9(14)7-8)11(3,4)17(13,15)16/h8-9,14H,5-7H2,1-4H3,(H2,13,15,16). The molecule has 0 radical (unpaired) electrons. The van der Waals surface area contributed by atoms with Crippen LogP contribution in [-0.4, -0.2) is 24.4 Å². The van der Waals surface area contributed by atoms with E-state index >= 15 is 0 Å². The number of fused-ring (bicyclic) bond motifs is 2. The molecule has 5 heteroatoms. The van der Waals surface area contributed by atoms with E-state index in [2.05, 4.69) is 13.8 Å². The zero-order chi connectivity index (χ0) is 13.3. The van der Waals surface area contributed by atoms with Crippen LogP contribution in [0.15, 0.2) is 0 Å². The largest absolute Gasteiger partial charge is 0.392 e. The van der Waals surface area contributed by atoms with Gasteiger partial charge in [0.2, 0.25) is 10.0 Å². The van der Waals surface area contributed by atoms with E-state index in [4.69, 9.17) is 5.14 Å². The highest BCUT2D eigenvalue weighted by Crippen LogP contribution is 2.70. The van der Waals surface area contributed by atoms with Crippen molar-refractivity contribution in [2.75, 3.05) is 0 Å². The minimum absolute atomic E-state index is 0.178. The molecule has 2 aliphatic carbocycles. The summed E-state index contributed by atoms with van der Waals surface area (Å²) < 4.78 is 22.8. The van der Waals surface area contributed by atoms with Crippen LogP contribution in [0.3, 0.4) is 0 Å². The molecule has 4 nitrogen and oxygen atoms in total. The van der Waals surface area contributed by atoms with Gasteiger partial charge in [0.25, 0.3) is 0 Å². The minimum Gasteiger partial charge on any atom is -0.392 e. The van der Waals surface area contributed by atoms with Gasteiger partial charge >= 0.3 is 0 Å². The fourth-order valence-corrected chi connectivity index (χ4v) is 5.67. The van der Waals surface area contributed by atoms with Crippen LogP contribution in [0.1, 0.15) is 47.0 Å². The lowest BCUT2D eigenvalue weighted by atomic mass is 9.61. The van der Waals surface area contributed by atoms with E-state index in [-0.39, 0.29) is 5.41 Å². The highest BCUT2D eigenvalue weighted by molar-refractivity contribution is 7.90. The van der Waals surface area contributed by atoms with Crippen molar-refractivity contribution >= 4 is 10.0 Å². The summed E-state index contributed by atoms with van der Waals surface area (Å²) in [5.74, 6) is 0.401. The summed E-state index contributed by atoms with van der Waals surface area (Å²) in [7, 11) is -3.69. The molecule has 2 rings (SSSR count). The fraction of sp³-hybridized carbons (Fsp3) is 1.00. The Kier molecular flexibility index (Phi) is 2.54. The maximum atomic E-state index is 11.9. The number of aliphatic hydroxyl groups is 1. The van der Waals surface area contributed by atoms with Crippen LogP contribution in [0.5, 0.6) is 0 Å². The van der Waals surface area contributed by atoms with Crippen molar-refractivity contribution in [3.63, 3.8) is 0 Å². The summed E-state index contributed by atoms with van der Waals surface area (Å²) in [4.78, 5) is 0. The van der Waals surface area contributed by atoms with Gasteiger partial charge < -0.3 is 5.11 Å². The molecular weight excluding hydrogens is 238 g/mol. The van der Waals surface area contributed by atoms with Crippen LogP contribution in [0.4, 0.5) is 0 Å². The Morgan fingerprint density at radius 3 is 2.18 bits per heavy atom. The zero-order valence-electron chi connectivity index (χ0n) is 11.0. The molecule has 0 aromatic rings. The third-order valence-electron chi connectivity index (χ3n) is 5.92. The average molecular weight is 261 g/mol. The van der Waals surface area contributed by atoms with Gasteiger partial charge in [0.15, 0.2) is 0 Å². The zero-order valence-corrected chi connectivity index (χ0v) is 11.8. The lowest BCUT2D eigenvalue weighted by Gasteiger charge is -2.50. The molecule has 2 fully saturated rings. The first-order valence-electron chi connectivity index (χ1n) is 6.19. The van der Waals surface area contributed by atoms with Crippen molar-refractivity contribution in [1.82, 2.24) is 0 Å². The third kappa shape index (κ3) is 1.28. The predicted octanol–water partition coefficient (Wildman–Crippen LogP) is 1.24. The van der Waals surface area contributed by atoms with E-state index in [1.165, 1.54) is 0 Å². The quantitative estimate of drug-likeness (QED) is 0.785. The van der Waals surface area contributed by atoms with Gasteiger partial charge in [0.05, 0.1) is 10.9 Å². The van der Waals surface area contributed by atoms with E-state index in [1.807, 2.05) is 0 Å². The normalized spacial score (nSPS) is 40.8. The van der Waals surface area contributed by atoms with Crippen LogP contribution < -0.4 is 5.14 Å². The second-order valence-electron chi connectivity index (χ2n) is 6.74. The van der Waals surface area contributed by atoms with Crippen molar-refractivity contribution in [2.45, 2.75) is 57.8 Å². The molecular formula is C12H23NO3S. The van der Waals surface area contributed by atoms with E-state index in [0.717, 1.165) is 12.8 Å². The van der Waals surface area contributed by atoms with Crippen molar-refractivity contribution < 1.29 is 13.5 Å². The maximum Gasteiger partial charge on any atom is 0.214 e. The highest BCUT2D eigenvalue weighted by Gasteiger charge is 2.71. The molecule has 0 aromatic heterocycles. The smallest absolute Gasteiger partial charge is 0.214 e. The molecule has 3 N–H and O–H groups in total. The molecule has 100 valence electrons. The van der Waals surface area contributed by atoms with E-state index < -0.39 is 26.3 Å². The molecule has 0 amide bonds. The topological polar surface area (TPSA) is 80.4 Å². The van der Waals surface area contributed by atoms with Gasteiger partial charge in [0.1, 0.15) is 0 Å². The highest BCUT2D eigenvalue weighted by atomic mass is 32.2. The van der Waals surface area contributed by atoms with Gasteiger partial charge in [-0.25, -0.2) is 13.6 Å². The van der Waals surface area contributed by atoms with Crippen LogP contribution in [0.2, 0.25) is 0 Å². The van der Waals surface area contributed by atoms with E-state index in [9.17, 15) is 13.5 Å². The van der Waals surface area contributed by atoms with Crippen molar-refractivity contribution in [2.24, 2.45) is 21.9 Å². The van der Waals surface area contributed by atoms with Crippen LogP contribution in [0, 0.1) is 16.7 Å². The summed E-state index contributed by atoms with van der Waals surface area (Å²) >= 11 is 0. The number of hydrogen-bond donors (Lipinski definition) is 2. The lowest BCUT2D eigenvalue weighted by molar-refractivity contribution is -0.0296. The first-order valence-corrected chi connectivity index (χ1v) is 7.73. The fourth-order valence-electron chi connectivity index (χ4n) is 4.66. The second kappa shape index (κ2) is 3.25. The van der Waals surface area contributed by atoms with Gasteiger partial charge in [-0.3, -0.25) is 0 Å². The maximum absolute atomic E-state index is 11.9. The molecule has 0 saturated heterocycles. The predicted molar refractivity (Wildman–Crippen MR) is 66.7 cm³/mol. The SMILES string of the molecule is CC1(C)C2CCC1(C(C)(C)S(N)(=O)=O)C(O)C2. The molecule has 3 unspecified atom stereocenters. The Morgan fingerprint density at radius 1 is 1.35 bits per heavy atom. The Hall–Kier alpha value is -0.130. The van der Waals surface area contributed by atoms with Gasteiger partial charge in [0, 0.05) is 5.41 Å². The monoisotopic (exact) mass is 261 g/mol. The van der Waals surface area contributed by atoms with Crippen molar-refractivity contribution in [1.29, 1.82) is 0 Å². The molecule has 17 heavy (non-hydrogen) atoms. The van der Waals surface area contributed by atoms with Crippen LogP contribution in [0.25, 0.3) is 0 Å². The van der Waals surface area contributed by atoms with Crippen molar-refractivity contribution in [3.8, 4) is 0 Å². The summed E-state index contributed by atoms with van der Waals surface area (Å²) in [5, 5.41) is 15.8. The summed E-state index contributed by atoms with van der Waals surface area (Å²) in [6.07, 6.45) is 1.87. The Labute approximate surface area is 104 Å². The molecule has 2 saturated carbocycles. The van der Waals surface area contributed by atoms with Crippen LogP contribution >= 0.6 is 0 Å². The van der Waals surface area contributed by atoms with E-state index in [0.29, 0.717) is 12.3 Å². The van der Waals surface area contributed by atoms with Gasteiger partial charge in [-0.05, 0) is 44.4 Å². The number of nitrogens with two attached hydrogens (primary N) is 1. The molecule has 0 heterocycles. The molecule has 2 bridgehead atoms. The number of aliphatic hydroxyl groups excluding tert-OH is 1. The minimum atomic E-state index is -3.69. The van der Waals surface area contributed by atoms with Gasteiger partial charge in [-0.1, -0.05) is 13.8 Å². The van der Waals surface area contributed by atoms with Gasteiger partial charge in [-0.2, -0.15) is 0 Å². The molecule has 2 aliphatic rings. The van der Waals surface area contributed by atoms with E-state index in [1.54, 1.807) is 13.8 Å².